The zero-order valence-electron chi connectivity index (χ0n) is 7.09. The molecule has 0 radical (unpaired) electrons. The zero-order valence-corrected chi connectivity index (χ0v) is 7.91. The summed E-state index contributed by atoms with van der Waals surface area (Å²) in [5.74, 6) is 0. The summed E-state index contributed by atoms with van der Waals surface area (Å²) in [4.78, 5) is 0. The van der Waals surface area contributed by atoms with Gasteiger partial charge in [0, 0.05) is 11.6 Å². The molecule has 0 atom stereocenters. The van der Waals surface area contributed by atoms with Gasteiger partial charge >= 0.3 is 7.12 Å². The molecule has 72 valence electrons. The molecular weight excluding hydrogens is 204 g/mol. The number of halogens is 1. The third-order valence-electron chi connectivity index (χ3n) is 2.05. The van der Waals surface area contributed by atoms with Crippen LogP contribution in [0.4, 0.5) is 3.89 Å². The molecule has 0 amide bonds. The summed E-state index contributed by atoms with van der Waals surface area (Å²) in [6, 6.07) is 6.62. The Morgan fingerprint density at radius 3 is 2.71 bits per heavy atom. The van der Waals surface area contributed by atoms with E-state index in [-0.39, 0.29) is 12.3 Å². The Morgan fingerprint density at radius 1 is 1.29 bits per heavy atom. The van der Waals surface area contributed by atoms with Gasteiger partial charge in [-0.05, 0) is 17.6 Å². The fraction of sp³-hybridized carbons (Fsp3) is 0. The van der Waals surface area contributed by atoms with Gasteiger partial charge in [-0.2, -0.15) is 0 Å². The van der Waals surface area contributed by atoms with E-state index in [1.165, 1.54) is 3.97 Å². The molecule has 2 rings (SSSR count). The summed E-state index contributed by atoms with van der Waals surface area (Å²) in [6.07, 6.45) is 1.59. The van der Waals surface area contributed by atoms with Gasteiger partial charge in [0.05, 0.1) is 5.52 Å². The summed E-state index contributed by atoms with van der Waals surface area (Å²) in [7, 11) is -1.52. The van der Waals surface area contributed by atoms with Crippen molar-refractivity contribution in [1.29, 1.82) is 0 Å². The second kappa shape index (κ2) is 3.64. The minimum absolute atomic E-state index is 0.0788. The smallest absolute Gasteiger partial charge is 0.423 e. The van der Waals surface area contributed by atoms with E-state index in [1.807, 2.05) is 0 Å². The third-order valence-corrected chi connectivity index (χ3v) is 2.52. The quantitative estimate of drug-likeness (QED) is 0.718. The van der Waals surface area contributed by atoms with Crippen molar-refractivity contribution in [3.8, 4) is 0 Å². The van der Waals surface area contributed by atoms with Crippen LogP contribution in [0.25, 0.3) is 10.9 Å². The molecule has 0 spiro atoms. The minimum atomic E-state index is -1.52. The van der Waals surface area contributed by atoms with E-state index in [1.54, 1.807) is 30.5 Å². The monoisotopic (exact) mass is 211 g/mol. The molecule has 0 bridgehead atoms. The standard InChI is InChI=1S/C8H7BFNO2S/c10-14-11-4-3-6-1-2-7(9(12)13)5-8(6)11/h1-5,12-13H. The van der Waals surface area contributed by atoms with Gasteiger partial charge in [-0.1, -0.05) is 12.1 Å². The molecule has 2 aromatic rings. The van der Waals surface area contributed by atoms with E-state index in [0.717, 1.165) is 5.39 Å². The van der Waals surface area contributed by atoms with Crippen LogP contribution in [-0.4, -0.2) is 21.1 Å². The maximum Gasteiger partial charge on any atom is 0.488 e. The van der Waals surface area contributed by atoms with Gasteiger partial charge in [0.1, 0.15) is 0 Å². The van der Waals surface area contributed by atoms with E-state index in [9.17, 15) is 3.89 Å². The highest BCUT2D eigenvalue weighted by molar-refractivity contribution is 7.92. The highest BCUT2D eigenvalue weighted by atomic mass is 32.2. The van der Waals surface area contributed by atoms with Crippen molar-refractivity contribution in [3.05, 3.63) is 30.5 Å². The topological polar surface area (TPSA) is 45.4 Å². The fourth-order valence-corrected chi connectivity index (χ4v) is 1.68. The van der Waals surface area contributed by atoms with Gasteiger partial charge in [-0.25, -0.2) is 0 Å². The maximum absolute atomic E-state index is 12.4. The molecule has 0 fully saturated rings. The van der Waals surface area contributed by atoms with Crippen LogP contribution in [0.5, 0.6) is 0 Å². The number of rotatable bonds is 2. The summed E-state index contributed by atoms with van der Waals surface area (Å²) in [5.41, 5.74) is 0.981. The number of hydrogen-bond acceptors (Lipinski definition) is 3. The molecule has 1 heterocycles. The summed E-state index contributed by atoms with van der Waals surface area (Å²) in [6.45, 7) is 0. The van der Waals surface area contributed by atoms with Crippen LogP contribution in [0.3, 0.4) is 0 Å². The lowest BCUT2D eigenvalue weighted by Gasteiger charge is -2.01. The SMILES string of the molecule is OB(O)c1ccc2ccn(SF)c2c1. The van der Waals surface area contributed by atoms with Crippen molar-refractivity contribution in [3.63, 3.8) is 0 Å². The Bertz CT molecular complexity index is 460. The molecular formula is C8H7BFNO2S. The molecule has 0 saturated heterocycles. The number of aromatic nitrogens is 1. The number of fused-ring (bicyclic) bond motifs is 1. The van der Waals surface area contributed by atoms with Crippen LogP contribution < -0.4 is 5.46 Å². The first-order valence-corrected chi connectivity index (χ1v) is 4.66. The normalized spacial score (nSPS) is 10.8. The van der Waals surface area contributed by atoms with E-state index in [0.29, 0.717) is 11.0 Å². The molecule has 0 aliphatic carbocycles. The van der Waals surface area contributed by atoms with Crippen molar-refractivity contribution in [2.75, 3.05) is 0 Å². The van der Waals surface area contributed by atoms with E-state index in [4.69, 9.17) is 10.0 Å². The number of hydrogen-bond donors (Lipinski definition) is 2. The van der Waals surface area contributed by atoms with Gasteiger partial charge in [0.15, 0.2) is 12.3 Å². The molecule has 1 aromatic carbocycles. The lowest BCUT2D eigenvalue weighted by Crippen LogP contribution is -2.29. The minimum Gasteiger partial charge on any atom is -0.423 e. The average Bonchev–Trinajstić information content (AvgIpc) is 2.59. The molecule has 14 heavy (non-hydrogen) atoms. The first-order valence-electron chi connectivity index (χ1n) is 3.98. The number of benzene rings is 1. The van der Waals surface area contributed by atoms with E-state index >= 15 is 0 Å². The van der Waals surface area contributed by atoms with Crippen LogP contribution in [0.2, 0.25) is 0 Å². The van der Waals surface area contributed by atoms with Gasteiger partial charge in [0.2, 0.25) is 0 Å². The van der Waals surface area contributed by atoms with Gasteiger partial charge in [0.25, 0.3) is 0 Å². The van der Waals surface area contributed by atoms with Crippen LogP contribution in [-0.2, 0) is 0 Å². The van der Waals surface area contributed by atoms with E-state index < -0.39 is 7.12 Å². The average molecular weight is 211 g/mol. The van der Waals surface area contributed by atoms with Crippen LogP contribution >= 0.6 is 12.3 Å². The molecule has 0 aliphatic rings. The van der Waals surface area contributed by atoms with Crippen molar-refractivity contribution in [2.24, 2.45) is 0 Å². The van der Waals surface area contributed by atoms with Crippen molar-refractivity contribution in [2.45, 2.75) is 0 Å². The van der Waals surface area contributed by atoms with Crippen LogP contribution in [0.15, 0.2) is 30.5 Å². The predicted molar refractivity (Wildman–Crippen MR) is 55.9 cm³/mol. The fourth-order valence-electron chi connectivity index (χ4n) is 1.34. The molecule has 0 unspecified atom stereocenters. The van der Waals surface area contributed by atoms with Crippen molar-refractivity contribution >= 4 is 35.8 Å². The van der Waals surface area contributed by atoms with Crippen LogP contribution in [0, 0.1) is 0 Å². The number of nitrogens with zero attached hydrogens (tertiary/aromatic N) is 1. The third kappa shape index (κ3) is 1.52. The summed E-state index contributed by atoms with van der Waals surface area (Å²) >= 11 is 0.0788. The Hall–Kier alpha value is -0.975. The Morgan fingerprint density at radius 2 is 2.07 bits per heavy atom. The van der Waals surface area contributed by atoms with Crippen LogP contribution in [0.1, 0.15) is 0 Å². The van der Waals surface area contributed by atoms with Gasteiger partial charge in [-0.3, -0.25) is 3.97 Å². The highest BCUT2D eigenvalue weighted by Gasteiger charge is 2.12. The maximum atomic E-state index is 12.4. The first kappa shape index (κ1) is 9.58. The Balaban J connectivity index is 2.61. The molecule has 6 heteroatoms. The van der Waals surface area contributed by atoms with E-state index in [2.05, 4.69) is 0 Å². The second-order valence-electron chi connectivity index (χ2n) is 2.90. The molecule has 3 nitrogen and oxygen atoms in total. The molecule has 1 aromatic heterocycles. The van der Waals surface area contributed by atoms with Gasteiger partial charge in [-0.15, -0.1) is 3.89 Å². The summed E-state index contributed by atoms with van der Waals surface area (Å²) < 4.78 is 13.7. The Labute approximate surface area is 84.7 Å². The first-order chi connectivity index (χ1) is 6.72. The molecule has 0 saturated carbocycles. The summed E-state index contributed by atoms with van der Waals surface area (Å²) in [5, 5.41) is 18.7. The van der Waals surface area contributed by atoms with Crippen molar-refractivity contribution < 1.29 is 13.9 Å². The largest absolute Gasteiger partial charge is 0.488 e. The van der Waals surface area contributed by atoms with Crippen molar-refractivity contribution in [1.82, 2.24) is 3.97 Å². The highest BCUT2D eigenvalue weighted by Crippen LogP contribution is 2.20. The Kier molecular flexibility index (Phi) is 2.49. The predicted octanol–water partition coefficient (Wildman–Crippen LogP) is 0.702. The lowest BCUT2D eigenvalue weighted by molar-refractivity contribution is 0.426. The van der Waals surface area contributed by atoms with Gasteiger partial charge < -0.3 is 10.0 Å². The lowest BCUT2D eigenvalue weighted by atomic mass is 9.80. The molecule has 2 N–H and O–H groups in total. The molecule has 0 aliphatic heterocycles. The second-order valence-corrected chi connectivity index (χ2v) is 3.43. The zero-order chi connectivity index (χ0) is 10.1.